The Hall–Kier alpha value is -1.99. The molecule has 96 valence electrons. The molecule has 0 atom stereocenters. The Morgan fingerprint density at radius 3 is 3.11 bits per heavy atom. The van der Waals surface area contributed by atoms with Gasteiger partial charge in [0.05, 0.1) is 12.1 Å². The van der Waals surface area contributed by atoms with Crippen molar-refractivity contribution in [2.45, 2.75) is 6.54 Å². The van der Waals surface area contributed by atoms with Crippen LogP contribution in [-0.4, -0.2) is 19.5 Å². The molecule has 0 fully saturated rings. The van der Waals surface area contributed by atoms with Crippen molar-refractivity contribution in [3.63, 3.8) is 0 Å². The first-order valence-corrected chi connectivity index (χ1v) is 6.58. The largest absolute Gasteiger partial charge is 0.308 e. The van der Waals surface area contributed by atoms with Gasteiger partial charge in [-0.15, -0.1) is 11.3 Å². The van der Waals surface area contributed by atoms with Gasteiger partial charge in [0.15, 0.2) is 5.15 Å². The molecular weight excluding hydrogens is 288 g/mol. The molecule has 0 amide bonds. The molecule has 3 aromatic rings. The van der Waals surface area contributed by atoms with Crippen LogP contribution in [0.15, 0.2) is 33.4 Å². The van der Waals surface area contributed by atoms with Crippen molar-refractivity contribution in [1.29, 1.82) is 0 Å². The Morgan fingerprint density at radius 2 is 2.26 bits per heavy atom. The van der Waals surface area contributed by atoms with Crippen LogP contribution in [0, 0.1) is 0 Å². The Balaban J connectivity index is 2.08. The van der Waals surface area contributed by atoms with Crippen LogP contribution < -0.4 is 11.1 Å². The van der Waals surface area contributed by atoms with Gasteiger partial charge >= 0.3 is 0 Å². The summed E-state index contributed by atoms with van der Waals surface area (Å²) < 4.78 is 1.91. The standard InChI is InChI=1S/C11H7ClN4O2S/c12-9-11(18)16(3-2-13-9)5-7-14-6-1-4-19-8(6)10(17)15-7/h1-4H,5H2,(H,14,15,17). The van der Waals surface area contributed by atoms with Crippen molar-refractivity contribution in [3.8, 4) is 0 Å². The van der Waals surface area contributed by atoms with Gasteiger partial charge in [-0.25, -0.2) is 9.97 Å². The minimum absolute atomic E-state index is 0.110. The van der Waals surface area contributed by atoms with Gasteiger partial charge in [-0.1, -0.05) is 11.6 Å². The van der Waals surface area contributed by atoms with Gasteiger partial charge in [0.25, 0.3) is 11.1 Å². The van der Waals surface area contributed by atoms with E-state index >= 15 is 0 Å². The molecule has 3 rings (SSSR count). The molecule has 0 aromatic carbocycles. The summed E-state index contributed by atoms with van der Waals surface area (Å²) in [7, 11) is 0. The zero-order valence-corrected chi connectivity index (χ0v) is 11.0. The first kappa shape index (κ1) is 12.1. The monoisotopic (exact) mass is 294 g/mol. The lowest BCUT2D eigenvalue weighted by molar-refractivity contribution is 0.708. The fourth-order valence-corrected chi connectivity index (χ4v) is 2.59. The van der Waals surface area contributed by atoms with E-state index in [0.29, 0.717) is 16.0 Å². The molecular formula is C11H7ClN4O2S. The number of thiophene rings is 1. The minimum atomic E-state index is -0.419. The van der Waals surface area contributed by atoms with Crippen LogP contribution in [0.1, 0.15) is 5.82 Å². The first-order chi connectivity index (χ1) is 9.15. The lowest BCUT2D eigenvalue weighted by Crippen LogP contribution is -2.23. The van der Waals surface area contributed by atoms with Crippen LogP contribution in [0.3, 0.4) is 0 Å². The van der Waals surface area contributed by atoms with E-state index in [1.807, 2.05) is 0 Å². The van der Waals surface area contributed by atoms with Gasteiger partial charge in [0, 0.05) is 12.4 Å². The van der Waals surface area contributed by atoms with Crippen LogP contribution in [-0.2, 0) is 6.54 Å². The maximum Gasteiger partial charge on any atom is 0.288 e. The Bertz CT molecular complexity index is 867. The number of nitrogens with zero attached hydrogens (tertiary/aromatic N) is 3. The van der Waals surface area contributed by atoms with Crippen LogP contribution in [0.5, 0.6) is 0 Å². The van der Waals surface area contributed by atoms with E-state index < -0.39 is 5.56 Å². The lowest BCUT2D eigenvalue weighted by atomic mass is 10.4. The highest BCUT2D eigenvalue weighted by Gasteiger charge is 2.07. The molecule has 0 aliphatic rings. The summed E-state index contributed by atoms with van der Waals surface area (Å²) in [5, 5.41) is 1.69. The summed E-state index contributed by atoms with van der Waals surface area (Å²) in [6, 6.07) is 1.76. The van der Waals surface area contributed by atoms with Gasteiger partial charge in [-0.05, 0) is 11.4 Å². The fourth-order valence-electron chi connectivity index (χ4n) is 1.70. The Morgan fingerprint density at radius 1 is 1.42 bits per heavy atom. The van der Waals surface area contributed by atoms with Crippen LogP contribution >= 0.6 is 22.9 Å². The first-order valence-electron chi connectivity index (χ1n) is 5.32. The molecule has 3 aromatic heterocycles. The average molecular weight is 295 g/mol. The van der Waals surface area contributed by atoms with E-state index in [4.69, 9.17) is 11.6 Å². The number of rotatable bonds is 2. The lowest BCUT2D eigenvalue weighted by Gasteiger charge is -2.04. The van der Waals surface area contributed by atoms with E-state index in [1.165, 1.54) is 28.3 Å². The number of hydrogen-bond donors (Lipinski definition) is 1. The normalized spacial score (nSPS) is 11.0. The predicted molar refractivity (Wildman–Crippen MR) is 72.8 cm³/mol. The molecule has 0 aliphatic heterocycles. The van der Waals surface area contributed by atoms with Gasteiger partial charge in [-0.2, -0.15) is 0 Å². The Labute approximate surface area is 115 Å². The second kappa shape index (κ2) is 4.60. The number of hydrogen-bond acceptors (Lipinski definition) is 5. The Kier molecular flexibility index (Phi) is 2.92. The molecule has 0 bridgehead atoms. The van der Waals surface area contributed by atoms with E-state index in [-0.39, 0.29) is 17.3 Å². The third kappa shape index (κ3) is 2.18. The van der Waals surface area contributed by atoms with Gasteiger partial charge < -0.3 is 9.55 Å². The van der Waals surface area contributed by atoms with E-state index in [1.54, 1.807) is 11.4 Å². The van der Waals surface area contributed by atoms with Gasteiger partial charge in [0.2, 0.25) is 0 Å². The van der Waals surface area contributed by atoms with Crippen molar-refractivity contribution < 1.29 is 0 Å². The third-order valence-corrected chi connectivity index (χ3v) is 3.72. The molecule has 0 unspecified atom stereocenters. The topological polar surface area (TPSA) is 80.6 Å². The maximum atomic E-state index is 11.8. The van der Waals surface area contributed by atoms with Crippen molar-refractivity contribution in [1.82, 2.24) is 19.5 Å². The quantitative estimate of drug-likeness (QED) is 0.771. The molecule has 6 nitrogen and oxygen atoms in total. The highest BCUT2D eigenvalue weighted by molar-refractivity contribution is 7.17. The molecule has 0 saturated heterocycles. The smallest absolute Gasteiger partial charge is 0.288 e. The molecule has 3 heterocycles. The number of aromatic nitrogens is 4. The summed E-state index contributed by atoms with van der Waals surface area (Å²) in [5.41, 5.74) is -0.00242. The third-order valence-electron chi connectivity index (χ3n) is 2.56. The minimum Gasteiger partial charge on any atom is -0.308 e. The molecule has 19 heavy (non-hydrogen) atoms. The second-order valence-corrected chi connectivity index (χ2v) is 5.07. The van der Waals surface area contributed by atoms with Crippen molar-refractivity contribution in [2.75, 3.05) is 0 Å². The zero-order chi connectivity index (χ0) is 13.4. The molecule has 0 radical (unpaired) electrons. The molecule has 0 spiro atoms. The van der Waals surface area contributed by atoms with Crippen LogP contribution in [0.2, 0.25) is 5.15 Å². The highest BCUT2D eigenvalue weighted by atomic mass is 35.5. The van der Waals surface area contributed by atoms with Crippen LogP contribution in [0.25, 0.3) is 10.2 Å². The van der Waals surface area contributed by atoms with E-state index in [9.17, 15) is 9.59 Å². The molecule has 1 N–H and O–H groups in total. The summed E-state index contributed by atoms with van der Waals surface area (Å²) >= 11 is 6.98. The number of aromatic amines is 1. The zero-order valence-electron chi connectivity index (χ0n) is 9.46. The van der Waals surface area contributed by atoms with Gasteiger partial charge in [-0.3, -0.25) is 9.59 Å². The maximum absolute atomic E-state index is 11.8. The summed E-state index contributed by atoms with van der Waals surface area (Å²) in [6.45, 7) is 0.141. The number of halogens is 1. The second-order valence-electron chi connectivity index (χ2n) is 3.80. The number of H-pyrrole nitrogens is 1. The van der Waals surface area contributed by atoms with E-state index in [2.05, 4.69) is 15.0 Å². The summed E-state index contributed by atoms with van der Waals surface area (Å²) in [5.74, 6) is 0.403. The van der Waals surface area contributed by atoms with Crippen LogP contribution in [0.4, 0.5) is 0 Å². The van der Waals surface area contributed by atoms with Crippen molar-refractivity contribution >= 4 is 33.2 Å². The molecule has 0 aliphatic carbocycles. The highest BCUT2D eigenvalue weighted by Crippen LogP contribution is 2.13. The van der Waals surface area contributed by atoms with Gasteiger partial charge in [0.1, 0.15) is 10.5 Å². The fraction of sp³-hybridized carbons (Fsp3) is 0.0909. The summed E-state index contributed by atoms with van der Waals surface area (Å²) in [4.78, 5) is 34.1. The number of nitrogens with one attached hydrogen (secondary N) is 1. The predicted octanol–water partition coefficient (Wildman–Crippen LogP) is 1.24. The SMILES string of the molecule is O=c1[nH]c(Cn2ccnc(Cl)c2=O)nc2ccsc12. The van der Waals surface area contributed by atoms with Crippen molar-refractivity contribution in [2.24, 2.45) is 0 Å². The summed E-state index contributed by atoms with van der Waals surface area (Å²) in [6.07, 6.45) is 2.91. The molecule has 0 saturated carbocycles. The molecule has 8 heteroatoms. The number of fused-ring (bicyclic) bond motifs is 1. The average Bonchev–Trinajstić information content (AvgIpc) is 2.84. The van der Waals surface area contributed by atoms with Crippen molar-refractivity contribution in [3.05, 3.63) is 55.5 Å². The van der Waals surface area contributed by atoms with E-state index in [0.717, 1.165) is 0 Å².